The summed E-state index contributed by atoms with van der Waals surface area (Å²) in [5.41, 5.74) is 1.01. The molecular formula is C21H27N3O4. The molecule has 0 aliphatic heterocycles. The van der Waals surface area contributed by atoms with E-state index in [0.717, 1.165) is 5.56 Å². The number of ketones is 1. The van der Waals surface area contributed by atoms with E-state index in [1.54, 1.807) is 0 Å². The van der Waals surface area contributed by atoms with Crippen LogP contribution in [0.15, 0.2) is 48.9 Å². The first kappa shape index (κ1) is 21.7. The number of aliphatic hydroxyl groups is 2. The van der Waals surface area contributed by atoms with E-state index in [0.29, 0.717) is 12.8 Å². The topological polar surface area (TPSA) is 112 Å². The number of aromatic nitrogens is 2. The van der Waals surface area contributed by atoms with Crippen LogP contribution >= 0.6 is 0 Å². The predicted octanol–water partition coefficient (Wildman–Crippen LogP) is 1.75. The van der Waals surface area contributed by atoms with Crippen molar-refractivity contribution in [2.24, 2.45) is 11.8 Å². The molecule has 2 rings (SSSR count). The molecule has 7 nitrogen and oxygen atoms in total. The highest BCUT2D eigenvalue weighted by atomic mass is 16.5. The van der Waals surface area contributed by atoms with Crippen LogP contribution in [0, 0.1) is 11.8 Å². The molecule has 1 amide bonds. The fourth-order valence-corrected chi connectivity index (χ4v) is 3.06. The van der Waals surface area contributed by atoms with Gasteiger partial charge in [0, 0.05) is 24.7 Å². The van der Waals surface area contributed by atoms with Crippen LogP contribution in [0.4, 0.5) is 0 Å². The minimum atomic E-state index is -1.58. The van der Waals surface area contributed by atoms with Crippen molar-refractivity contribution in [2.45, 2.75) is 45.4 Å². The molecule has 3 N–H and O–H groups in total. The van der Waals surface area contributed by atoms with Gasteiger partial charge in [0.2, 0.25) is 0 Å². The van der Waals surface area contributed by atoms with Gasteiger partial charge in [0.05, 0.1) is 12.2 Å². The Balaban J connectivity index is 2.16. The molecule has 0 radical (unpaired) electrons. The summed E-state index contributed by atoms with van der Waals surface area (Å²) >= 11 is 0. The summed E-state index contributed by atoms with van der Waals surface area (Å²) in [4.78, 5) is 33.3. The van der Waals surface area contributed by atoms with E-state index >= 15 is 0 Å². The smallest absolute Gasteiger partial charge is 0.272 e. The molecule has 150 valence electrons. The van der Waals surface area contributed by atoms with E-state index in [1.807, 2.05) is 44.2 Å². The standard InChI is InChI=1S/C21H27N3O4/c1-14(2)10-16(21(27)28)12-19(25)17(11-15-6-4-3-5-7-15)24-20(26)18-13-22-8-9-23-18/h3-9,13-14,16-17,21,27-28H,10-12H2,1-2H3,(H,24,26)/t16-,17+/m1/s1. The molecule has 0 aliphatic carbocycles. The number of hydrogen-bond acceptors (Lipinski definition) is 6. The molecule has 0 unspecified atom stereocenters. The highest BCUT2D eigenvalue weighted by Gasteiger charge is 2.28. The van der Waals surface area contributed by atoms with Crippen LogP contribution in [-0.4, -0.2) is 44.2 Å². The van der Waals surface area contributed by atoms with Crippen molar-refractivity contribution >= 4 is 11.7 Å². The summed E-state index contributed by atoms with van der Waals surface area (Å²) in [6.45, 7) is 3.91. The van der Waals surface area contributed by atoms with Gasteiger partial charge in [-0.05, 0) is 24.3 Å². The normalized spacial score (nSPS) is 13.4. The Labute approximate surface area is 164 Å². The fraction of sp³-hybridized carbons (Fsp3) is 0.429. The Hall–Kier alpha value is -2.64. The molecule has 28 heavy (non-hydrogen) atoms. The number of hydrogen-bond donors (Lipinski definition) is 3. The number of rotatable bonds is 10. The summed E-state index contributed by atoms with van der Waals surface area (Å²) in [6.07, 6.45) is 3.39. The van der Waals surface area contributed by atoms with Crippen LogP contribution in [0.3, 0.4) is 0 Å². The Morgan fingerprint density at radius 1 is 1.11 bits per heavy atom. The lowest BCUT2D eigenvalue weighted by molar-refractivity contribution is -0.129. The van der Waals surface area contributed by atoms with Gasteiger partial charge in [0.15, 0.2) is 12.1 Å². The highest BCUT2D eigenvalue weighted by molar-refractivity contribution is 5.96. The van der Waals surface area contributed by atoms with Gasteiger partial charge in [-0.2, -0.15) is 0 Å². The largest absolute Gasteiger partial charge is 0.368 e. The first-order chi connectivity index (χ1) is 13.4. The van der Waals surface area contributed by atoms with Gasteiger partial charge in [0.1, 0.15) is 5.69 Å². The fourth-order valence-electron chi connectivity index (χ4n) is 3.06. The molecular weight excluding hydrogens is 358 g/mol. The van der Waals surface area contributed by atoms with Crippen molar-refractivity contribution in [3.63, 3.8) is 0 Å². The SMILES string of the molecule is CC(C)C[C@H](CC(=O)[C@H](Cc1ccccc1)NC(=O)c1cnccn1)C(O)O. The third-order valence-corrected chi connectivity index (χ3v) is 4.43. The number of carbonyl (C=O) groups excluding carboxylic acids is 2. The average molecular weight is 385 g/mol. The number of nitrogens with one attached hydrogen (secondary N) is 1. The van der Waals surface area contributed by atoms with Crippen LogP contribution in [0.2, 0.25) is 0 Å². The Morgan fingerprint density at radius 3 is 2.39 bits per heavy atom. The van der Waals surface area contributed by atoms with E-state index < -0.39 is 24.2 Å². The maximum Gasteiger partial charge on any atom is 0.272 e. The first-order valence-corrected chi connectivity index (χ1v) is 9.36. The molecule has 1 heterocycles. The summed E-state index contributed by atoms with van der Waals surface area (Å²) in [6, 6.07) is 8.55. The maximum atomic E-state index is 12.9. The number of Topliss-reactive ketones (excluding diaryl/α,β-unsaturated/α-hetero) is 1. The minimum absolute atomic E-state index is 0.0336. The lowest BCUT2D eigenvalue weighted by atomic mass is 9.88. The third-order valence-electron chi connectivity index (χ3n) is 4.43. The minimum Gasteiger partial charge on any atom is -0.368 e. The average Bonchev–Trinajstić information content (AvgIpc) is 2.68. The molecule has 7 heteroatoms. The molecule has 0 bridgehead atoms. The molecule has 0 spiro atoms. The van der Waals surface area contributed by atoms with Crippen molar-refractivity contribution in [3.05, 3.63) is 60.2 Å². The van der Waals surface area contributed by atoms with Crippen LogP contribution in [0.25, 0.3) is 0 Å². The second kappa shape index (κ2) is 10.6. The van der Waals surface area contributed by atoms with Gasteiger partial charge in [0.25, 0.3) is 5.91 Å². The zero-order valence-corrected chi connectivity index (χ0v) is 16.2. The molecule has 1 aromatic carbocycles. The number of benzene rings is 1. The van der Waals surface area contributed by atoms with E-state index in [4.69, 9.17) is 0 Å². The van der Waals surface area contributed by atoms with Gasteiger partial charge in [-0.1, -0.05) is 44.2 Å². The summed E-state index contributed by atoms with van der Waals surface area (Å²) in [7, 11) is 0. The van der Waals surface area contributed by atoms with Gasteiger partial charge >= 0.3 is 0 Å². The Bertz CT molecular complexity index is 751. The lowest BCUT2D eigenvalue weighted by Gasteiger charge is -2.24. The van der Waals surface area contributed by atoms with Gasteiger partial charge in [-0.3, -0.25) is 14.6 Å². The highest BCUT2D eigenvalue weighted by Crippen LogP contribution is 2.20. The molecule has 0 aliphatic rings. The van der Waals surface area contributed by atoms with Crippen molar-refractivity contribution < 1.29 is 19.8 Å². The summed E-state index contributed by atoms with van der Waals surface area (Å²) < 4.78 is 0. The molecule has 2 aromatic rings. The monoisotopic (exact) mass is 385 g/mol. The number of amides is 1. The summed E-state index contributed by atoms with van der Waals surface area (Å²) in [5.74, 6) is -1.12. The molecule has 0 saturated carbocycles. The van der Waals surface area contributed by atoms with Crippen molar-refractivity contribution in [1.29, 1.82) is 0 Å². The van der Waals surface area contributed by atoms with E-state index in [-0.39, 0.29) is 23.8 Å². The van der Waals surface area contributed by atoms with Gasteiger partial charge in [-0.15, -0.1) is 0 Å². The maximum absolute atomic E-state index is 12.9. The summed E-state index contributed by atoms with van der Waals surface area (Å²) in [5, 5.41) is 22.0. The molecule has 0 fully saturated rings. The lowest BCUT2D eigenvalue weighted by Crippen LogP contribution is -2.44. The van der Waals surface area contributed by atoms with E-state index in [9.17, 15) is 19.8 Å². The molecule has 2 atom stereocenters. The van der Waals surface area contributed by atoms with Crippen LogP contribution < -0.4 is 5.32 Å². The predicted molar refractivity (Wildman–Crippen MR) is 104 cm³/mol. The zero-order valence-electron chi connectivity index (χ0n) is 16.2. The van der Waals surface area contributed by atoms with Gasteiger partial charge in [-0.25, -0.2) is 4.98 Å². The Morgan fingerprint density at radius 2 is 1.82 bits per heavy atom. The van der Waals surface area contributed by atoms with Crippen LogP contribution in [-0.2, 0) is 11.2 Å². The second-order valence-corrected chi connectivity index (χ2v) is 7.28. The van der Waals surface area contributed by atoms with E-state index in [2.05, 4.69) is 15.3 Å². The third kappa shape index (κ3) is 6.83. The second-order valence-electron chi connectivity index (χ2n) is 7.28. The van der Waals surface area contributed by atoms with E-state index in [1.165, 1.54) is 18.6 Å². The van der Waals surface area contributed by atoms with Crippen LogP contribution in [0.1, 0.15) is 42.7 Å². The van der Waals surface area contributed by atoms with Gasteiger partial charge < -0.3 is 15.5 Å². The zero-order chi connectivity index (χ0) is 20.5. The molecule has 0 saturated heterocycles. The molecule has 1 aromatic heterocycles. The number of aliphatic hydroxyl groups excluding tert-OH is 1. The number of nitrogens with zero attached hydrogens (tertiary/aromatic N) is 2. The quantitative estimate of drug-likeness (QED) is 0.537. The number of carbonyl (C=O) groups is 2. The van der Waals surface area contributed by atoms with Crippen molar-refractivity contribution in [2.75, 3.05) is 0 Å². The first-order valence-electron chi connectivity index (χ1n) is 9.36. The Kier molecular flexibility index (Phi) is 8.22. The van der Waals surface area contributed by atoms with Crippen molar-refractivity contribution in [1.82, 2.24) is 15.3 Å². The van der Waals surface area contributed by atoms with Crippen molar-refractivity contribution in [3.8, 4) is 0 Å². The van der Waals surface area contributed by atoms with Crippen LogP contribution in [0.5, 0.6) is 0 Å².